The lowest BCUT2D eigenvalue weighted by Crippen LogP contribution is -2.29. The first-order valence-corrected chi connectivity index (χ1v) is 10.3. The lowest BCUT2D eigenvalue weighted by Gasteiger charge is -2.23. The normalized spacial score (nSPS) is 18.2. The van der Waals surface area contributed by atoms with Crippen LogP contribution in [0.2, 0.25) is 5.02 Å². The van der Waals surface area contributed by atoms with Gasteiger partial charge in [0.2, 0.25) is 0 Å². The van der Waals surface area contributed by atoms with Crippen molar-refractivity contribution in [1.82, 2.24) is 4.98 Å². The third kappa shape index (κ3) is 3.36. The minimum absolute atomic E-state index is 0.0430. The minimum Gasteiger partial charge on any atom is -0.508 e. The maximum Gasteiger partial charge on any atom is 0.301 e. The monoisotopic (exact) mass is 440 g/mol. The second kappa shape index (κ2) is 7.59. The molecule has 8 heteroatoms. The van der Waals surface area contributed by atoms with Crippen LogP contribution in [0.15, 0.2) is 54.1 Å². The molecule has 1 atom stereocenters. The Labute approximate surface area is 181 Å². The number of thiazole rings is 1. The van der Waals surface area contributed by atoms with Crippen LogP contribution in [0.25, 0.3) is 5.76 Å². The third-order valence-corrected chi connectivity index (χ3v) is 6.32. The second-order valence-electron chi connectivity index (χ2n) is 6.91. The van der Waals surface area contributed by atoms with Crippen molar-refractivity contribution in [3.8, 4) is 5.75 Å². The zero-order valence-electron chi connectivity index (χ0n) is 16.1. The van der Waals surface area contributed by atoms with Crippen LogP contribution in [-0.2, 0) is 9.59 Å². The first-order chi connectivity index (χ1) is 14.3. The number of Topliss-reactive ketones (excluding diaryl/α,β-unsaturated/α-hetero) is 1. The molecule has 3 aromatic rings. The topological polar surface area (TPSA) is 90.7 Å². The Bertz CT molecular complexity index is 1160. The van der Waals surface area contributed by atoms with Gasteiger partial charge in [0.15, 0.2) is 5.13 Å². The summed E-state index contributed by atoms with van der Waals surface area (Å²) in [6.45, 7) is 3.71. The molecule has 1 aromatic heterocycles. The summed E-state index contributed by atoms with van der Waals surface area (Å²) >= 11 is 7.23. The number of hydrogen-bond donors (Lipinski definition) is 2. The Hall–Kier alpha value is -3.16. The van der Waals surface area contributed by atoms with Crippen LogP contribution in [-0.4, -0.2) is 26.9 Å². The average Bonchev–Trinajstić information content (AvgIpc) is 3.18. The number of aromatic nitrogens is 1. The van der Waals surface area contributed by atoms with E-state index in [4.69, 9.17) is 11.6 Å². The fourth-order valence-electron chi connectivity index (χ4n) is 3.32. The first kappa shape index (κ1) is 20.1. The van der Waals surface area contributed by atoms with Crippen molar-refractivity contribution in [3.05, 3.63) is 80.8 Å². The molecule has 4 rings (SSSR count). The maximum absolute atomic E-state index is 13.0. The number of nitrogens with zero attached hydrogens (tertiary/aromatic N) is 2. The Kier molecular flexibility index (Phi) is 5.09. The van der Waals surface area contributed by atoms with Gasteiger partial charge in [-0.2, -0.15) is 0 Å². The molecular weight excluding hydrogens is 424 g/mol. The summed E-state index contributed by atoms with van der Waals surface area (Å²) < 4.78 is 0. The number of phenols is 1. The SMILES string of the molecule is Cc1nc(N2C(=O)C(=O)C(=C(O)c3ccc(Cl)cc3)C2c2ccc(O)cc2)sc1C. The predicted octanol–water partition coefficient (Wildman–Crippen LogP) is 4.75. The summed E-state index contributed by atoms with van der Waals surface area (Å²) in [6, 6.07) is 11.6. The number of aliphatic hydroxyl groups is 1. The van der Waals surface area contributed by atoms with Gasteiger partial charge in [-0.15, -0.1) is 11.3 Å². The lowest BCUT2D eigenvalue weighted by atomic mass is 9.95. The number of benzene rings is 2. The largest absolute Gasteiger partial charge is 0.508 e. The van der Waals surface area contributed by atoms with Crippen LogP contribution in [0.5, 0.6) is 5.75 Å². The number of aryl methyl sites for hydroxylation is 2. The summed E-state index contributed by atoms with van der Waals surface area (Å²) in [5, 5.41) is 21.5. The van der Waals surface area contributed by atoms with E-state index in [0.29, 0.717) is 21.3 Å². The number of halogens is 1. The molecule has 152 valence electrons. The van der Waals surface area contributed by atoms with Gasteiger partial charge in [0.05, 0.1) is 17.3 Å². The van der Waals surface area contributed by atoms with E-state index in [1.165, 1.54) is 28.4 Å². The van der Waals surface area contributed by atoms with Crippen LogP contribution in [0, 0.1) is 13.8 Å². The summed E-state index contributed by atoms with van der Waals surface area (Å²) in [4.78, 5) is 32.7. The molecule has 1 unspecified atom stereocenters. The van der Waals surface area contributed by atoms with Crippen LogP contribution in [0.1, 0.15) is 27.7 Å². The second-order valence-corrected chi connectivity index (χ2v) is 8.52. The average molecular weight is 441 g/mol. The number of aromatic hydroxyl groups is 1. The molecule has 1 amide bonds. The van der Waals surface area contributed by atoms with E-state index in [1.54, 1.807) is 36.4 Å². The molecule has 2 heterocycles. The summed E-state index contributed by atoms with van der Waals surface area (Å²) in [7, 11) is 0. The molecule has 0 radical (unpaired) electrons. The van der Waals surface area contributed by atoms with Gasteiger partial charge < -0.3 is 10.2 Å². The van der Waals surface area contributed by atoms with Crippen molar-refractivity contribution >= 4 is 45.5 Å². The van der Waals surface area contributed by atoms with Gasteiger partial charge in [0, 0.05) is 15.5 Å². The third-order valence-electron chi connectivity index (χ3n) is 4.99. The number of ketones is 1. The van der Waals surface area contributed by atoms with Crippen LogP contribution < -0.4 is 4.90 Å². The summed E-state index contributed by atoms with van der Waals surface area (Å²) in [5.41, 5.74) is 1.65. The van der Waals surface area contributed by atoms with Crippen molar-refractivity contribution in [1.29, 1.82) is 0 Å². The van der Waals surface area contributed by atoms with Crippen molar-refractivity contribution in [2.24, 2.45) is 0 Å². The van der Waals surface area contributed by atoms with Gasteiger partial charge in [-0.25, -0.2) is 4.98 Å². The number of hydrogen-bond acceptors (Lipinski definition) is 6. The van der Waals surface area contributed by atoms with E-state index in [9.17, 15) is 19.8 Å². The van der Waals surface area contributed by atoms with Gasteiger partial charge in [-0.05, 0) is 55.8 Å². The van der Waals surface area contributed by atoms with Gasteiger partial charge in [0.1, 0.15) is 11.5 Å². The zero-order valence-corrected chi connectivity index (χ0v) is 17.7. The number of rotatable bonds is 3. The number of amides is 1. The Morgan fingerprint density at radius 1 is 1.07 bits per heavy atom. The number of anilines is 1. The summed E-state index contributed by atoms with van der Waals surface area (Å²) in [5.74, 6) is -1.81. The Morgan fingerprint density at radius 2 is 1.70 bits per heavy atom. The molecule has 0 saturated carbocycles. The van der Waals surface area contributed by atoms with Crippen molar-refractivity contribution in [2.45, 2.75) is 19.9 Å². The Balaban J connectivity index is 1.94. The minimum atomic E-state index is -0.883. The van der Waals surface area contributed by atoms with Gasteiger partial charge in [-0.1, -0.05) is 23.7 Å². The summed E-state index contributed by atoms with van der Waals surface area (Å²) in [6.07, 6.45) is 0. The fraction of sp³-hybridized carbons (Fsp3) is 0.136. The van der Waals surface area contributed by atoms with E-state index in [0.717, 1.165) is 10.6 Å². The predicted molar refractivity (Wildman–Crippen MR) is 116 cm³/mol. The number of phenolic OH excluding ortho intramolecular Hbond substituents is 1. The lowest BCUT2D eigenvalue weighted by molar-refractivity contribution is -0.132. The van der Waals surface area contributed by atoms with Crippen molar-refractivity contribution in [3.63, 3.8) is 0 Å². The standard InChI is InChI=1S/C22H17ClN2O4S/c1-11-12(2)30-22(24-11)25-18(13-5-9-16(26)10-6-13)17(20(28)21(25)29)19(27)14-3-7-15(23)8-4-14/h3-10,18,26-27H,1-2H3. The van der Waals surface area contributed by atoms with E-state index < -0.39 is 17.7 Å². The molecule has 0 spiro atoms. The molecule has 1 aliphatic rings. The number of carbonyl (C=O) groups is 2. The molecule has 30 heavy (non-hydrogen) atoms. The van der Waals surface area contributed by atoms with E-state index in [2.05, 4.69) is 4.98 Å². The molecule has 2 aromatic carbocycles. The smallest absolute Gasteiger partial charge is 0.301 e. The highest BCUT2D eigenvalue weighted by molar-refractivity contribution is 7.16. The highest BCUT2D eigenvalue weighted by atomic mass is 35.5. The first-order valence-electron chi connectivity index (χ1n) is 9.08. The van der Waals surface area contributed by atoms with Gasteiger partial charge >= 0.3 is 5.91 Å². The van der Waals surface area contributed by atoms with E-state index in [-0.39, 0.29) is 17.1 Å². The van der Waals surface area contributed by atoms with E-state index >= 15 is 0 Å². The number of carbonyl (C=O) groups excluding carboxylic acids is 2. The molecule has 6 nitrogen and oxygen atoms in total. The maximum atomic E-state index is 13.0. The van der Waals surface area contributed by atoms with Crippen molar-refractivity contribution in [2.75, 3.05) is 4.90 Å². The molecule has 2 N–H and O–H groups in total. The van der Waals surface area contributed by atoms with Crippen molar-refractivity contribution < 1.29 is 19.8 Å². The molecule has 1 saturated heterocycles. The molecule has 1 fully saturated rings. The molecule has 0 aliphatic carbocycles. The Morgan fingerprint density at radius 3 is 2.27 bits per heavy atom. The quantitative estimate of drug-likeness (QED) is 0.348. The number of aliphatic hydroxyl groups excluding tert-OH is 1. The molecule has 1 aliphatic heterocycles. The van der Waals surface area contributed by atoms with Crippen LogP contribution in [0.4, 0.5) is 5.13 Å². The van der Waals surface area contributed by atoms with Crippen LogP contribution >= 0.6 is 22.9 Å². The van der Waals surface area contributed by atoms with Crippen LogP contribution in [0.3, 0.4) is 0 Å². The molecule has 0 bridgehead atoms. The van der Waals surface area contributed by atoms with Gasteiger partial charge in [0.25, 0.3) is 5.78 Å². The molecular formula is C22H17ClN2O4S. The zero-order chi connectivity index (χ0) is 21.6. The van der Waals surface area contributed by atoms with Gasteiger partial charge in [-0.3, -0.25) is 14.5 Å². The fourth-order valence-corrected chi connectivity index (χ4v) is 4.39. The van der Waals surface area contributed by atoms with E-state index in [1.807, 2.05) is 13.8 Å². The highest BCUT2D eigenvalue weighted by Crippen LogP contribution is 2.44. The highest BCUT2D eigenvalue weighted by Gasteiger charge is 2.48.